The van der Waals surface area contributed by atoms with Gasteiger partial charge in [-0.05, 0) is 49.2 Å². The second-order valence-corrected chi connectivity index (χ2v) is 7.32. The number of methoxy groups -OCH3 is 1. The second-order valence-electron chi connectivity index (χ2n) is 5.62. The van der Waals surface area contributed by atoms with E-state index in [-0.39, 0.29) is 11.4 Å². The van der Waals surface area contributed by atoms with E-state index in [2.05, 4.69) is 14.7 Å². The molecule has 7 heteroatoms. The van der Waals surface area contributed by atoms with Crippen LogP contribution in [-0.4, -0.2) is 25.5 Å². The predicted octanol–water partition coefficient (Wildman–Crippen LogP) is 2.67. The van der Waals surface area contributed by atoms with Gasteiger partial charge in [-0.15, -0.1) is 0 Å². The summed E-state index contributed by atoms with van der Waals surface area (Å²) in [4.78, 5) is 7.77. The molecule has 0 amide bonds. The second kappa shape index (κ2) is 6.26. The van der Waals surface area contributed by atoms with Crippen molar-refractivity contribution in [3.05, 3.63) is 53.3 Å². The molecule has 3 aromatic rings. The number of nitrogens with zero attached hydrogens (tertiary/aromatic N) is 1. The third kappa shape index (κ3) is 3.13. The van der Waals surface area contributed by atoms with Crippen molar-refractivity contribution in [1.29, 1.82) is 0 Å². The van der Waals surface area contributed by atoms with Crippen molar-refractivity contribution in [2.24, 2.45) is 0 Å². The van der Waals surface area contributed by atoms with E-state index in [9.17, 15) is 8.42 Å². The normalized spacial score (nSPS) is 11.8. The van der Waals surface area contributed by atoms with Gasteiger partial charge >= 0.3 is 0 Å². The SMILES string of the molecule is COc1cc(C)c(S(=O)(=O)NCc2nc3ccccc3[nH]2)c(C)c1. The van der Waals surface area contributed by atoms with Crippen molar-refractivity contribution in [2.45, 2.75) is 25.3 Å². The first kappa shape index (κ1) is 16.5. The highest BCUT2D eigenvalue weighted by atomic mass is 32.2. The highest BCUT2D eigenvalue weighted by molar-refractivity contribution is 7.89. The van der Waals surface area contributed by atoms with E-state index >= 15 is 0 Å². The minimum atomic E-state index is -3.65. The number of sulfonamides is 1. The third-order valence-electron chi connectivity index (χ3n) is 3.81. The highest BCUT2D eigenvalue weighted by Crippen LogP contribution is 2.25. The fraction of sp³-hybridized carbons (Fsp3) is 0.235. The smallest absolute Gasteiger partial charge is 0.241 e. The summed E-state index contributed by atoms with van der Waals surface area (Å²) in [5.74, 6) is 1.21. The summed E-state index contributed by atoms with van der Waals surface area (Å²) in [7, 11) is -2.09. The lowest BCUT2D eigenvalue weighted by molar-refractivity contribution is 0.413. The van der Waals surface area contributed by atoms with Crippen LogP contribution in [0.25, 0.3) is 11.0 Å². The molecule has 0 aliphatic rings. The fourth-order valence-electron chi connectivity index (χ4n) is 2.78. The summed E-state index contributed by atoms with van der Waals surface area (Å²) in [6.45, 7) is 3.61. The minimum Gasteiger partial charge on any atom is -0.497 e. The number of imidazole rings is 1. The topological polar surface area (TPSA) is 84.1 Å². The van der Waals surface area contributed by atoms with Crippen molar-refractivity contribution in [1.82, 2.24) is 14.7 Å². The van der Waals surface area contributed by atoms with Crippen LogP contribution < -0.4 is 9.46 Å². The van der Waals surface area contributed by atoms with Gasteiger partial charge in [0, 0.05) is 0 Å². The fourth-order valence-corrected chi connectivity index (χ4v) is 4.21. The highest BCUT2D eigenvalue weighted by Gasteiger charge is 2.20. The van der Waals surface area contributed by atoms with Crippen LogP contribution in [0, 0.1) is 13.8 Å². The molecule has 0 bridgehead atoms. The monoisotopic (exact) mass is 345 g/mol. The average Bonchev–Trinajstić information content (AvgIpc) is 2.95. The van der Waals surface area contributed by atoms with E-state index in [4.69, 9.17) is 4.74 Å². The van der Waals surface area contributed by atoms with Crippen LogP contribution in [0.15, 0.2) is 41.3 Å². The summed E-state index contributed by atoms with van der Waals surface area (Å²) < 4.78 is 33.1. The van der Waals surface area contributed by atoms with E-state index in [0.717, 1.165) is 11.0 Å². The number of fused-ring (bicyclic) bond motifs is 1. The number of H-pyrrole nitrogens is 1. The number of ether oxygens (including phenoxy) is 1. The zero-order chi connectivity index (χ0) is 17.3. The molecule has 0 radical (unpaired) electrons. The van der Waals surface area contributed by atoms with Crippen LogP contribution in [0.2, 0.25) is 0 Å². The summed E-state index contributed by atoms with van der Waals surface area (Å²) in [6, 6.07) is 11.0. The van der Waals surface area contributed by atoms with Crippen molar-refractivity contribution >= 4 is 21.1 Å². The quantitative estimate of drug-likeness (QED) is 0.744. The summed E-state index contributed by atoms with van der Waals surface area (Å²) in [6.07, 6.45) is 0. The largest absolute Gasteiger partial charge is 0.497 e. The molecular formula is C17H19N3O3S. The third-order valence-corrected chi connectivity index (χ3v) is 5.51. The number of benzene rings is 2. The van der Waals surface area contributed by atoms with Gasteiger partial charge in [0.25, 0.3) is 0 Å². The molecule has 0 saturated heterocycles. The zero-order valence-corrected chi connectivity index (χ0v) is 14.6. The van der Waals surface area contributed by atoms with Crippen molar-refractivity contribution in [2.75, 3.05) is 7.11 Å². The molecule has 0 spiro atoms. The van der Waals surface area contributed by atoms with E-state index in [1.165, 1.54) is 0 Å². The molecular weight excluding hydrogens is 326 g/mol. The Morgan fingerprint density at radius 1 is 1.17 bits per heavy atom. The number of hydrogen-bond acceptors (Lipinski definition) is 4. The van der Waals surface area contributed by atoms with Crippen LogP contribution in [0.5, 0.6) is 5.75 Å². The molecule has 0 aliphatic carbocycles. The number of aromatic nitrogens is 2. The number of aryl methyl sites for hydroxylation is 2. The van der Waals surface area contributed by atoms with Gasteiger partial charge in [0.2, 0.25) is 10.0 Å². The molecule has 0 fully saturated rings. The zero-order valence-electron chi connectivity index (χ0n) is 13.8. The van der Waals surface area contributed by atoms with Gasteiger partial charge in [-0.3, -0.25) is 0 Å². The van der Waals surface area contributed by atoms with E-state index in [1.54, 1.807) is 33.1 Å². The summed E-state index contributed by atoms with van der Waals surface area (Å²) >= 11 is 0. The maximum atomic E-state index is 12.7. The Labute approximate surface area is 140 Å². The summed E-state index contributed by atoms with van der Waals surface area (Å²) in [5.41, 5.74) is 2.97. The molecule has 0 unspecified atom stereocenters. The Kier molecular flexibility index (Phi) is 4.29. The summed E-state index contributed by atoms with van der Waals surface area (Å²) in [5, 5.41) is 0. The lowest BCUT2D eigenvalue weighted by atomic mass is 10.1. The van der Waals surface area contributed by atoms with Crippen molar-refractivity contribution in [3.63, 3.8) is 0 Å². The van der Waals surface area contributed by atoms with Gasteiger partial charge < -0.3 is 9.72 Å². The van der Waals surface area contributed by atoms with Crippen LogP contribution >= 0.6 is 0 Å². The molecule has 1 aromatic heterocycles. The van der Waals surface area contributed by atoms with Gasteiger partial charge in [0.1, 0.15) is 11.6 Å². The first-order chi connectivity index (χ1) is 11.4. The van der Waals surface area contributed by atoms with Gasteiger partial charge in [0.15, 0.2) is 0 Å². The Hall–Kier alpha value is -2.38. The molecule has 0 atom stereocenters. The van der Waals surface area contributed by atoms with E-state index < -0.39 is 10.0 Å². The number of hydrogen-bond donors (Lipinski definition) is 2. The minimum absolute atomic E-state index is 0.0991. The van der Waals surface area contributed by atoms with Gasteiger partial charge in [-0.1, -0.05) is 12.1 Å². The number of para-hydroxylation sites is 2. The number of nitrogens with one attached hydrogen (secondary N) is 2. The molecule has 126 valence electrons. The van der Waals surface area contributed by atoms with Gasteiger partial charge in [0.05, 0.1) is 29.6 Å². The first-order valence-corrected chi connectivity index (χ1v) is 8.97. The molecule has 6 nitrogen and oxygen atoms in total. The average molecular weight is 345 g/mol. The van der Waals surface area contributed by atoms with Crippen molar-refractivity contribution < 1.29 is 13.2 Å². The van der Waals surface area contributed by atoms with Crippen molar-refractivity contribution in [3.8, 4) is 5.75 Å². The molecule has 2 aromatic carbocycles. The van der Waals surface area contributed by atoms with Gasteiger partial charge in [-0.2, -0.15) is 0 Å². The Bertz CT molecular complexity index is 937. The maximum absolute atomic E-state index is 12.7. The standard InChI is InChI=1S/C17H19N3O3S/c1-11-8-13(23-3)9-12(2)17(11)24(21,22)18-10-16-19-14-6-4-5-7-15(14)20-16/h4-9,18H,10H2,1-3H3,(H,19,20). The van der Waals surface area contributed by atoms with Crippen LogP contribution in [0.4, 0.5) is 0 Å². The molecule has 0 aliphatic heterocycles. The number of aromatic amines is 1. The van der Waals surface area contributed by atoms with E-state index in [1.807, 2.05) is 24.3 Å². The molecule has 1 heterocycles. The maximum Gasteiger partial charge on any atom is 0.241 e. The molecule has 2 N–H and O–H groups in total. The molecule has 3 rings (SSSR count). The van der Waals surface area contributed by atoms with Crippen LogP contribution in [0.3, 0.4) is 0 Å². The Morgan fingerprint density at radius 2 is 1.83 bits per heavy atom. The van der Waals surface area contributed by atoms with E-state index in [0.29, 0.717) is 22.7 Å². The van der Waals surface area contributed by atoms with Gasteiger partial charge in [-0.25, -0.2) is 18.1 Å². The Balaban J connectivity index is 1.86. The Morgan fingerprint density at radius 3 is 2.46 bits per heavy atom. The number of rotatable bonds is 5. The van der Waals surface area contributed by atoms with Crippen LogP contribution in [0.1, 0.15) is 17.0 Å². The van der Waals surface area contributed by atoms with Crippen LogP contribution in [-0.2, 0) is 16.6 Å². The molecule has 0 saturated carbocycles. The lowest BCUT2D eigenvalue weighted by Gasteiger charge is -2.13. The predicted molar refractivity (Wildman–Crippen MR) is 92.6 cm³/mol. The first-order valence-electron chi connectivity index (χ1n) is 7.49. The lowest BCUT2D eigenvalue weighted by Crippen LogP contribution is -2.25. The molecule has 24 heavy (non-hydrogen) atoms.